The molecular weight excluding hydrogens is 278 g/mol. The van der Waals surface area contributed by atoms with Gasteiger partial charge in [0.25, 0.3) is 5.91 Å². The number of carbonyl (C=O) groups is 1. The number of nitrogens with zero attached hydrogens (tertiary/aromatic N) is 2. The van der Waals surface area contributed by atoms with Gasteiger partial charge >= 0.3 is 0 Å². The van der Waals surface area contributed by atoms with E-state index in [4.69, 9.17) is 15.3 Å². The minimum Gasteiger partial charge on any atom is -0.481 e. The van der Waals surface area contributed by atoms with Crippen LogP contribution < -0.4 is 10.1 Å². The zero-order chi connectivity index (χ0) is 15.9. The summed E-state index contributed by atoms with van der Waals surface area (Å²) in [5.74, 6) is 0.116. The standard InChI is InChI=1S/C17H13N3O2/c1-12(22-16-7-3-5-14(9-16)11-19)17(21)20-15-6-2-4-13(8-15)10-18/h2-9,12H,1H3,(H,20,21)/t12-/m0/s1. The zero-order valence-corrected chi connectivity index (χ0v) is 11.9. The van der Waals surface area contributed by atoms with E-state index in [0.717, 1.165) is 0 Å². The fraction of sp³-hybridized carbons (Fsp3) is 0.118. The largest absolute Gasteiger partial charge is 0.481 e. The molecular formula is C17H13N3O2. The lowest BCUT2D eigenvalue weighted by molar-refractivity contribution is -0.122. The zero-order valence-electron chi connectivity index (χ0n) is 11.9. The van der Waals surface area contributed by atoms with Crippen molar-refractivity contribution in [2.24, 2.45) is 0 Å². The number of carbonyl (C=O) groups excluding carboxylic acids is 1. The fourth-order valence-corrected chi connectivity index (χ4v) is 1.81. The molecule has 22 heavy (non-hydrogen) atoms. The Labute approximate surface area is 128 Å². The highest BCUT2D eigenvalue weighted by molar-refractivity contribution is 5.94. The number of rotatable bonds is 4. The van der Waals surface area contributed by atoms with Crippen LogP contribution in [0, 0.1) is 22.7 Å². The van der Waals surface area contributed by atoms with Crippen LogP contribution in [0.5, 0.6) is 5.75 Å². The van der Waals surface area contributed by atoms with Crippen molar-refractivity contribution in [1.29, 1.82) is 10.5 Å². The lowest BCUT2D eigenvalue weighted by atomic mass is 10.2. The first-order valence-electron chi connectivity index (χ1n) is 6.60. The second kappa shape index (κ2) is 6.92. The summed E-state index contributed by atoms with van der Waals surface area (Å²) >= 11 is 0. The van der Waals surface area contributed by atoms with E-state index in [1.54, 1.807) is 55.5 Å². The van der Waals surface area contributed by atoms with Gasteiger partial charge in [-0.25, -0.2) is 0 Å². The summed E-state index contributed by atoms with van der Waals surface area (Å²) in [6, 6.07) is 17.2. The molecule has 0 spiro atoms. The Morgan fingerprint density at radius 2 is 1.73 bits per heavy atom. The van der Waals surface area contributed by atoms with E-state index in [9.17, 15) is 4.79 Å². The highest BCUT2D eigenvalue weighted by Crippen LogP contribution is 2.16. The quantitative estimate of drug-likeness (QED) is 0.938. The third kappa shape index (κ3) is 3.84. The molecule has 1 amide bonds. The maximum atomic E-state index is 12.1. The van der Waals surface area contributed by atoms with Gasteiger partial charge < -0.3 is 10.1 Å². The Hall–Kier alpha value is -3.31. The molecule has 0 aliphatic rings. The van der Waals surface area contributed by atoms with Crippen LogP contribution in [0.3, 0.4) is 0 Å². The number of nitriles is 2. The first-order valence-corrected chi connectivity index (χ1v) is 6.60. The highest BCUT2D eigenvalue weighted by atomic mass is 16.5. The third-order valence-corrected chi connectivity index (χ3v) is 2.90. The summed E-state index contributed by atoms with van der Waals surface area (Å²) < 4.78 is 5.52. The maximum Gasteiger partial charge on any atom is 0.265 e. The van der Waals surface area contributed by atoms with Crippen LogP contribution in [0.2, 0.25) is 0 Å². The van der Waals surface area contributed by atoms with Crippen molar-refractivity contribution in [1.82, 2.24) is 0 Å². The number of benzene rings is 2. The Kier molecular flexibility index (Phi) is 4.74. The summed E-state index contributed by atoms with van der Waals surface area (Å²) in [5, 5.41) is 20.4. The van der Waals surface area contributed by atoms with Crippen LogP contribution in [0.4, 0.5) is 5.69 Å². The summed E-state index contributed by atoms with van der Waals surface area (Å²) in [7, 11) is 0. The lowest BCUT2D eigenvalue weighted by Gasteiger charge is -2.15. The van der Waals surface area contributed by atoms with Gasteiger partial charge in [-0.3, -0.25) is 4.79 Å². The van der Waals surface area contributed by atoms with Crippen LogP contribution in [0.15, 0.2) is 48.5 Å². The SMILES string of the molecule is C[C@H](Oc1cccc(C#N)c1)C(=O)Nc1cccc(C#N)c1. The van der Waals surface area contributed by atoms with Crippen molar-refractivity contribution < 1.29 is 9.53 Å². The Balaban J connectivity index is 2.03. The number of amides is 1. The Bertz CT molecular complexity index is 772. The first-order chi connectivity index (χ1) is 10.6. The molecule has 1 N–H and O–H groups in total. The number of ether oxygens (including phenoxy) is 1. The van der Waals surface area contributed by atoms with Crippen molar-refractivity contribution in [3.05, 3.63) is 59.7 Å². The van der Waals surface area contributed by atoms with Gasteiger partial charge in [-0.1, -0.05) is 12.1 Å². The van der Waals surface area contributed by atoms with Crippen molar-refractivity contribution >= 4 is 11.6 Å². The van der Waals surface area contributed by atoms with Gasteiger partial charge in [0, 0.05) is 5.69 Å². The van der Waals surface area contributed by atoms with E-state index in [-0.39, 0.29) is 5.91 Å². The van der Waals surface area contributed by atoms with Crippen molar-refractivity contribution in [3.8, 4) is 17.9 Å². The first kappa shape index (κ1) is 15.1. The van der Waals surface area contributed by atoms with Crippen molar-refractivity contribution in [2.45, 2.75) is 13.0 Å². The summed E-state index contributed by atoms with van der Waals surface area (Å²) in [6.07, 6.45) is -0.736. The van der Waals surface area contributed by atoms with E-state index in [1.165, 1.54) is 0 Å². The molecule has 0 bridgehead atoms. The molecule has 2 rings (SSSR count). The number of hydrogen-bond acceptors (Lipinski definition) is 4. The molecule has 2 aromatic carbocycles. The van der Waals surface area contributed by atoms with Gasteiger partial charge in [-0.05, 0) is 43.3 Å². The molecule has 0 saturated carbocycles. The molecule has 0 aliphatic heterocycles. The lowest BCUT2D eigenvalue weighted by Crippen LogP contribution is -2.30. The average molecular weight is 291 g/mol. The van der Waals surface area contributed by atoms with Gasteiger partial charge in [-0.2, -0.15) is 10.5 Å². The predicted molar refractivity (Wildman–Crippen MR) is 81.0 cm³/mol. The van der Waals surface area contributed by atoms with Crippen molar-refractivity contribution in [3.63, 3.8) is 0 Å². The molecule has 0 radical (unpaired) electrons. The maximum absolute atomic E-state index is 12.1. The Morgan fingerprint density at radius 3 is 2.41 bits per heavy atom. The van der Waals surface area contributed by atoms with E-state index < -0.39 is 6.10 Å². The molecule has 108 valence electrons. The Morgan fingerprint density at radius 1 is 1.09 bits per heavy atom. The van der Waals surface area contributed by atoms with Gasteiger partial charge in [-0.15, -0.1) is 0 Å². The summed E-state index contributed by atoms with van der Waals surface area (Å²) in [5.41, 5.74) is 1.46. The minimum atomic E-state index is -0.736. The molecule has 0 fully saturated rings. The normalized spacial score (nSPS) is 10.9. The van der Waals surface area contributed by atoms with Gasteiger partial charge in [0.05, 0.1) is 23.3 Å². The molecule has 0 aromatic heterocycles. The van der Waals surface area contributed by atoms with Gasteiger partial charge in [0.2, 0.25) is 0 Å². The van der Waals surface area contributed by atoms with E-state index in [0.29, 0.717) is 22.6 Å². The molecule has 5 nitrogen and oxygen atoms in total. The molecule has 1 atom stereocenters. The highest BCUT2D eigenvalue weighted by Gasteiger charge is 2.15. The van der Waals surface area contributed by atoms with Gasteiger partial charge in [0.15, 0.2) is 6.10 Å². The second-order valence-corrected chi connectivity index (χ2v) is 4.58. The van der Waals surface area contributed by atoms with Crippen LogP contribution in [-0.4, -0.2) is 12.0 Å². The summed E-state index contributed by atoms with van der Waals surface area (Å²) in [6.45, 7) is 1.61. The third-order valence-electron chi connectivity index (χ3n) is 2.90. The van der Waals surface area contributed by atoms with E-state index in [1.807, 2.05) is 12.1 Å². The summed E-state index contributed by atoms with van der Waals surface area (Å²) in [4.78, 5) is 12.1. The van der Waals surface area contributed by atoms with E-state index >= 15 is 0 Å². The number of hydrogen-bond donors (Lipinski definition) is 1. The topological polar surface area (TPSA) is 85.9 Å². The second-order valence-electron chi connectivity index (χ2n) is 4.58. The van der Waals surface area contributed by atoms with Crippen LogP contribution in [0.25, 0.3) is 0 Å². The van der Waals surface area contributed by atoms with Crippen molar-refractivity contribution in [2.75, 3.05) is 5.32 Å². The molecule has 5 heteroatoms. The number of anilines is 1. The average Bonchev–Trinajstić information content (AvgIpc) is 2.55. The molecule has 0 unspecified atom stereocenters. The fourth-order valence-electron chi connectivity index (χ4n) is 1.81. The monoisotopic (exact) mass is 291 g/mol. The number of nitrogens with one attached hydrogen (secondary N) is 1. The smallest absolute Gasteiger partial charge is 0.265 e. The molecule has 0 heterocycles. The van der Waals surface area contributed by atoms with Crippen LogP contribution in [0.1, 0.15) is 18.1 Å². The molecule has 0 aliphatic carbocycles. The molecule has 2 aromatic rings. The van der Waals surface area contributed by atoms with Crippen LogP contribution in [-0.2, 0) is 4.79 Å². The minimum absolute atomic E-state index is 0.336. The molecule has 0 saturated heterocycles. The van der Waals surface area contributed by atoms with Gasteiger partial charge in [0.1, 0.15) is 5.75 Å². The van der Waals surface area contributed by atoms with E-state index in [2.05, 4.69) is 5.32 Å². The predicted octanol–water partition coefficient (Wildman–Crippen LogP) is 2.84. The van der Waals surface area contributed by atoms with Crippen LogP contribution >= 0.6 is 0 Å².